The highest BCUT2D eigenvalue weighted by atomic mass is 14.8. The van der Waals surface area contributed by atoms with Gasteiger partial charge in [-0.15, -0.1) is 0 Å². The van der Waals surface area contributed by atoms with Crippen LogP contribution in [0, 0.1) is 86.8 Å². The van der Waals surface area contributed by atoms with Crippen LogP contribution in [0.2, 0.25) is 0 Å². The van der Waals surface area contributed by atoms with Crippen LogP contribution in [0.3, 0.4) is 0 Å². The minimum absolute atomic E-state index is 0.366. The van der Waals surface area contributed by atoms with E-state index in [0.29, 0.717) is 27.6 Å². The first-order chi connectivity index (χ1) is 13.4. The number of hydrogen-bond acceptors (Lipinski definition) is 0. The molecule has 0 N–H and O–H groups in total. The fourth-order valence-corrected chi connectivity index (χ4v) is 11.0. The van der Waals surface area contributed by atoms with E-state index < -0.39 is 0 Å². The standard InChI is InChI=1S/C30H56/c1-16(2)30(15)25-17(3)18(4)26-27(10,11)21(7)19(5)23(9)29(26,14)24(25)20(6)22(8)28(30,12)13/h16-26H,1-15H3. The third-order valence-corrected chi connectivity index (χ3v) is 14.0. The molecule has 3 saturated carbocycles. The highest BCUT2D eigenvalue weighted by Crippen LogP contribution is 2.77. The van der Waals surface area contributed by atoms with E-state index in [4.69, 9.17) is 0 Å². The summed E-state index contributed by atoms with van der Waals surface area (Å²) in [6.07, 6.45) is 0. The zero-order chi connectivity index (χ0) is 23.4. The first-order valence-corrected chi connectivity index (χ1v) is 13.4. The summed E-state index contributed by atoms with van der Waals surface area (Å²) in [5.41, 5.74) is 1.57. The molecule has 3 rings (SSSR count). The Hall–Kier alpha value is 0. The normalized spacial score (nSPS) is 57.6. The van der Waals surface area contributed by atoms with Crippen LogP contribution in [-0.2, 0) is 0 Å². The van der Waals surface area contributed by atoms with Gasteiger partial charge in [-0.05, 0) is 86.8 Å². The van der Waals surface area contributed by atoms with Gasteiger partial charge >= 0.3 is 0 Å². The molecule has 0 amide bonds. The summed E-state index contributed by atoms with van der Waals surface area (Å²) in [7, 11) is 0. The summed E-state index contributed by atoms with van der Waals surface area (Å²) in [5.74, 6) is 8.68. The van der Waals surface area contributed by atoms with Crippen molar-refractivity contribution in [3.8, 4) is 0 Å². The fourth-order valence-electron chi connectivity index (χ4n) is 11.0. The van der Waals surface area contributed by atoms with E-state index >= 15 is 0 Å². The van der Waals surface area contributed by atoms with Crippen LogP contribution >= 0.6 is 0 Å². The molecule has 0 heteroatoms. The van der Waals surface area contributed by atoms with Crippen molar-refractivity contribution >= 4 is 0 Å². The molecule has 0 saturated heterocycles. The van der Waals surface area contributed by atoms with Crippen molar-refractivity contribution in [2.45, 2.75) is 104 Å². The van der Waals surface area contributed by atoms with Crippen LogP contribution in [0.1, 0.15) is 104 Å². The largest absolute Gasteiger partial charge is 0.0622 e. The van der Waals surface area contributed by atoms with Crippen molar-refractivity contribution in [2.75, 3.05) is 0 Å². The molecule has 12 atom stereocenters. The molecule has 0 spiro atoms. The van der Waals surface area contributed by atoms with E-state index in [1.165, 1.54) is 0 Å². The molecule has 0 aromatic carbocycles. The molecule has 176 valence electrons. The lowest BCUT2D eigenvalue weighted by Gasteiger charge is -2.76. The van der Waals surface area contributed by atoms with Gasteiger partial charge in [0.1, 0.15) is 0 Å². The van der Waals surface area contributed by atoms with Crippen LogP contribution < -0.4 is 0 Å². The lowest BCUT2D eigenvalue weighted by molar-refractivity contribution is -0.290. The van der Waals surface area contributed by atoms with Gasteiger partial charge in [0.05, 0.1) is 0 Å². The minimum Gasteiger partial charge on any atom is -0.0622 e. The van der Waals surface area contributed by atoms with Gasteiger partial charge in [0, 0.05) is 0 Å². The zero-order valence-corrected chi connectivity index (χ0v) is 23.4. The minimum atomic E-state index is 0.366. The molecule has 0 nitrogen and oxygen atoms in total. The molecule has 0 aromatic rings. The third-order valence-electron chi connectivity index (χ3n) is 14.0. The first-order valence-electron chi connectivity index (χ1n) is 13.4. The smallest absolute Gasteiger partial charge is 0.0215 e. The quantitative estimate of drug-likeness (QED) is 0.400. The lowest BCUT2D eigenvalue weighted by atomic mass is 9.28. The van der Waals surface area contributed by atoms with Crippen molar-refractivity contribution in [3.63, 3.8) is 0 Å². The van der Waals surface area contributed by atoms with Gasteiger partial charge in [0.2, 0.25) is 0 Å². The fraction of sp³-hybridized carbons (Fsp3) is 1.00. The summed E-state index contributed by atoms with van der Waals surface area (Å²) in [6.45, 7) is 39.4. The SMILES string of the molecule is CC1C(C)C(C)(C)C2C(C)C(C)C3C(C(C)C(C)C(C)(C)C3(C)C(C)C)C2(C)C1C. The van der Waals surface area contributed by atoms with Gasteiger partial charge in [0.25, 0.3) is 0 Å². The van der Waals surface area contributed by atoms with Crippen LogP contribution in [0.4, 0.5) is 0 Å². The second-order valence-electron chi connectivity index (χ2n) is 14.7. The Bertz CT molecular complexity index is 655. The zero-order valence-electron chi connectivity index (χ0n) is 23.4. The topological polar surface area (TPSA) is 0 Å². The predicted octanol–water partition coefficient (Wildman–Crippen LogP) is 9.05. The molecule has 0 aromatic heterocycles. The Morgan fingerprint density at radius 3 is 1.50 bits per heavy atom. The Morgan fingerprint density at radius 1 is 0.533 bits per heavy atom. The average molecular weight is 417 g/mol. The Kier molecular flexibility index (Phi) is 5.75. The molecule has 12 unspecified atom stereocenters. The predicted molar refractivity (Wildman–Crippen MR) is 133 cm³/mol. The van der Waals surface area contributed by atoms with Crippen LogP contribution in [-0.4, -0.2) is 0 Å². The van der Waals surface area contributed by atoms with E-state index in [1.807, 2.05) is 0 Å². The summed E-state index contributed by atoms with van der Waals surface area (Å²) in [4.78, 5) is 0. The van der Waals surface area contributed by atoms with Gasteiger partial charge in [-0.25, -0.2) is 0 Å². The number of fused-ring (bicyclic) bond motifs is 3. The average Bonchev–Trinajstić information content (AvgIpc) is 2.64. The maximum Gasteiger partial charge on any atom is -0.0215 e. The van der Waals surface area contributed by atoms with Crippen molar-refractivity contribution in [2.24, 2.45) is 86.8 Å². The molecule has 0 radical (unpaired) electrons. The molecule has 3 fully saturated rings. The van der Waals surface area contributed by atoms with Crippen molar-refractivity contribution < 1.29 is 0 Å². The van der Waals surface area contributed by atoms with E-state index in [2.05, 4.69) is 104 Å². The molecule has 3 aliphatic carbocycles. The summed E-state index contributed by atoms with van der Waals surface area (Å²) < 4.78 is 0. The second kappa shape index (κ2) is 7.00. The van der Waals surface area contributed by atoms with Crippen LogP contribution in [0.15, 0.2) is 0 Å². The Morgan fingerprint density at radius 2 is 1.03 bits per heavy atom. The first kappa shape index (κ1) is 24.6. The molecule has 30 heavy (non-hydrogen) atoms. The van der Waals surface area contributed by atoms with Gasteiger partial charge < -0.3 is 0 Å². The second-order valence-corrected chi connectivity index (χ2v) is 14.7. The van der Waals surface area contributed by atoms with Gasteiger partial charge in [-0.1, -0.05) is 104 Å². The summed E-state index contributed by atoms with van der Waals surface area (Å²) >= 11 is 0. The van der Waals surface area contributed by atoms with E-state index in [9.17, 15) is 0 Å². The lowest BCUT2D eigenvalue weighted by Crippen LogP contribution is -2.72. The maximum atomic E-state index is 2.77. The monoisotopic (exact) mass is 416 g/mol. The molecule has 0 heterocycles. The van der Waals surface area contributed by atoms with Crippen molar-refractivity contribution in [1.29, 1.82) is 0 Å². The molecule has 0 aliphatic heterocycles. The summed E-state index contributed by atoms with van der Waals surface area (Å²) in [5, 5.41) is 0. The van der Waals surface area contributed by atoms with Crippen molar-refractivity contribution in [1.82, 2.24) is 0 Å². The van der Waals surface area contributed by atoms with E-state index in [1.54, 1.807) is 0 Å². The Balaban J connectivity index is 2.32. The molecular formula is C30H56. The Labute approximate surface area is 190 Å². The highest BCUT2D eigenvalue weighted by Gasteiger charge is 2.72. The van der Waals surface area contributed by atoms with Crippen molar-refractivity contribution in [3.05, 3.63) is 0 Å². The van der Waals surface area contributed by atoms with Crippen LogP contribution in [0.5, 0.6) is 0 Å². The molecule has 0 bridgehead atoms. The van der Waals surface area contributed by atoms with E-state index in [-0.39, 0.29) is 0 Å². The third kappa shape index (κ3) is 2.58. The summed E-state index contributed by atoms with van der Waals surface area (Å²) in [6, 6.07) is 0. The maximum absolute atomic E-state index is 2.77. The highest BCUT2D eigenvalue weighted by molar-refractivity contribution is 5.19. The molecule has 3 aliphatic rings. The van der Waals surface area contributed by atoms with Crippen LogP contribution in [0.25, 0.3) is 0 Å². The van der Waals surface area contributed by atoms with Gasteiger partial charge in [-0.3, -0.25) is 0 Å². The number of rotatable bonds is 1. The molecular weight excluding hydrogens is 360 g/mol. The number of hydrogen-bond donors (Lipinski definition) is 0. The van der Waals surface area contributed by atoms with E-state index in [0.717, 1.165) is 59.2 Å². The van der Waals surface area contributed by atoms with Gasteiger partial charge in [-0.2, -0.15) is 0 Å². The van der Waals surface area contributed by atoms with Gasteiger partial charge in [0.15, 0.2) is 0 Å².